The van der Waals surface area contributed by atoms with E-state index in [0.717, 1.165) is 6.42 Å². The fourth-order valence-corrected chi connectivity index (χ4v) is 2.18. The maximum absolute atomic E-state index is 11.0. The van der Waals surface area contributed by atoms with Crippen molar-refractivity contribution < 1.29 is 15.0 Å². The monoisotopic (exact) mass is 312 g/mol. The van der Waals surface area contributed by atoms with E-state index in [-0.39, 0.29) is 11.3 Å². The van der Waals surface area contributed by atoms with Crippen LogP contribution in [-0.2, 0) is 6.42 Å². The van der Waals surface area contributed by atoms with Crippen LogP contribution in [0.1, 0.15) is 42.1 Å². The first-order valence-corrected chi connectivity index (χ1v) is 7.67. The largest absolute Gasteiger partial charge is 0.507 e. The Labute approximate surface area is 135 Å². The second-order valence-corrected chi connectivity index (χ2v) is 5.33. The zero-order valence-corrected chi connectivity index (χ0v) is 13.1. The second kappa shape index (κ2) is 8.08. The molecule has 23 heavy (non-hydrogen) atoms. The van der Waals surface area contributed by atoms with Crippen molar-refractivity contribution >= 4 is 17.3 Å². The molecule has 0 aliphatic rings. The van der Waals surface area contributed by atoms with E-state index in [2.05, 4.69) is 17.2 Å². The average Bonchev–Trinajstić information content (AvgIpc) is 2.55. The molecular formula is C18H20N2O3. The van der Waals surface area contributed by atoms with E-state index < -0.39 is 5.97 Å². The smallest absolute Gasteiger partial charge is 0.339 e. The predicted octanol–water partition coefficient (Wildman–Crippen LogP) is 5.24. The molecule has 0 saturated carbocycles. The maximum Gasteiger partial charge on any atom is 0.339 e. The molecule has 0 saturated heterocycles. The van der Waals surface area contributed by atoms with Crippen molar-refractivity contribution in [3.8, 4) is 5.75 Å². The number of rotatable bonds is 7. The summed E-state index contributed by atoms with van der Waals surface area (Å²) in [6.07, 6.45) is 4.68. The summed E-state index contributed by atoms with van der Waals surface area (Å²) in [6.45, 7) is 2.18. The number of carbonyl (C=O) groups is 1. The Morgan fingerprint density at radius 2 is 1.65 bits per heavy atom. The van der Waals surface area contributed by atoms with Gasteiger partial charge in [-0.25, -0.2) is 4.79 Å². The molecule has 120 valence electrons. The third-order valence-corrected chi connectivity index (χ3v) is 3.50. The number of hydrogen-bond donors (Lipinski definition) is 2. The molecule has 0 unspecified atom stereocenters. The lowest BCUT2D eigenvalue weighted by atomic mass is 10.1. The third kappa shape index (κ3) is 4.92. The second-order valence-electron chi connectivity index (χ2n) is 5.33. The Kier molecular flexibility index (Phi) is 5.86. The molecule has 0 atom stereocenters. The summed E-state index contributed by atoms with van der Waals surface area (Å²) in [5, 5.41) is 26.5. The number of aromatic carboxylic acids is 1. The maximum atomic E-state index is 11.0. The van der Waals surface area contributed by atoms with Crippen LogP contribution in [-0.4, -0.2) is 16.2 Å². The Bertz CT molecular complexity index is 694. The fourth-order valence-electron chi connectivity index (χ4n) is 2.18. The Morgan fingerprint density at radius 3 is 2.30 bits per heavy atom. The molecule has 0 radical (unpaired) electrons. The van der Waals surface area contributed by atoms with E-state index in [0.29, 0.717) is 11.4 Å². The Morgan fingerprint density at radius 1 is 1.00 bits per heavy atom. The van der Waals surface area contributed by atoms with E-state index in [9.17, 15) is 9.90 Å². The number of aryl methyl sites for hydroxylation is 1. The van der Waals surface area contributed by atoms with Crippen molar-refractivity contribution in [3.05, 3.63) is 53.6 Å². The highest BCUT2D eigenvalue weighted by Crippen LogP contribution is 2.25. The van der Waals surface area contributed by atoms with Crippen LogP contribution in [0.25, 0.3) is 0 Å². The number of carboxylic acids is 1. The van der Waals surface area contributed by atoms with E-state index in [1.807, 2.05) is 24.3 Å². The van der Waals surface area contributed by atoms with Crippen molar-refractivity contribution in [3.63, 3.8) is 0 Å². The fraction of sp³-hybridized carbons (Fsp3) is 0.278. The summed E-state index contributed by atoms with van der Waals surface area (Å²) >= 11 is 0. The van der Waals surface area contributed by atoms with Gasteiger partial charge in [0.25, 0.3) is 0 Å². The number of azo groups is 1. The molecule has 2 aromatic carbocycles. The minimum atomic E-state index is -1.20. The van der Waals surface area contributed by atoms with Gasteiger partial charge in [-0.1, -0.05) is 31.9 Å². The van der Waals surface area contributed by atoms with E-state index in [1.165, 1.54) is 43.0 Å². The van der Waals surface area contributed by atoms with Crippen LogP contribution in [0.2, 0.25) is 0 Å². The number of carboxylic acid groups (broad SMARTS) is 1. The molecule has 5 nitrogen and oxygen atoms in total. The lowest BCUT2D eigenvalue weighted by Gasteiger charge is -2.01. The van der Waals surface area contributed by atoms with Crippen LogP contribution in [0, 0.1) is 0 Å². The molecule has 0 fully saturated rings. The highest BCUT2D eigenvalue weighted by molar-refractivity contribution is 5.91. The van der Waals surface area contributed by atoms with Gasteiger partial charge in [-0.05, 0) is 48.7 Å². The van der Waals surface area contributed by atoms with Gasteiger partial charge in [0, 0.05) is 0 Å². The summed E-state index contributed by atoms with van der Waals surface area (Å²) in [5.74, 6) is -1.48. The lowest BCUT2D eigenvalue weighted by molar-refractivity contribution is 0.0694. The first kappa shape index (κ1) is 16.7. The molecule has 0 spiro atoms. The molecule has 0 amide bonds. The zero-order chi connectivity index (χ0) is 16.7. The summed E-state index contributed by atoms with van der Waals surface area (Å²) in [4.78, 5) is 11.0. The summed E-state index contributed by atoms with van der Waals surface area (Å²) < 4.78 is 0. The lowest BCUT2D eigenvalue weighted by Crippen LogP contribution is -1.95. The summed E-state index contributed by atoms with van der Waals surface area (Å²) in [7, 11) is 0. The molecular weight excluding hydrogens is 292 g/mol. The van der Waals surface area contributed by atoms with Crippen molar-refractivity contribution in [1.82, 2.24) is 0 Å². The first-order valence-electron chi connectivity index (χ1n) is 7.67. The highest BCUT2D eigenvalue weighted by atomic mass is 16.4. The van der Waals surface area contributed by atoms with Gasteiger partial charge in [0.2, 0.25) is 0 Å². The topological polar surface area (TPSA) is 82.2 Å². The number of nitrogens with zero attached hydrogens (tertiary/aromatic N) is 2. The van der Waals surface area contributed by atoms with Gasteiger partial charge in [-0.15, -0.1) is 0 Å². The quantitative estimate of drug-likeness (QED) is 0.542. The molecule has 0 heterocycles. The Balaban J connectivity index is 2.05. The first-order chi connectivity index (χ1) is 11.1. The molecule has 2 rings (SSSR count). The van der Waals surface area contributed by atoms with Gasteiger partial charge in [-0.2, -0.15) is 10.2 Å². The molecule has 2 aromatic rings. The standard InChI is InChI=1S/C18H20N2O3/c1-2-3-4-5-13-6-8-14(9-7-13)19-20-15-10-11-17(21)16(12-15)18(22)23/h6-12,21H,2-5H2,1H3,(H,22,23)/b20-19+. The minimum Gasteiger partial charge on any atom is -0.507 e. The average molecular weight is 312 g/mol. The summed E-state index contributed by atoms with van der Waals surface area (Å²) in [5.41, 5.74) is 2.17. The van der Waals surface area contributed by atoms with E-state index >= 15 is 0 Å². The number of phenols is 1. The number of benzene rings is 2. The number of hydrogen-bond acceptors (Lipinski definition) is 4. The molecule has 0 aromatic heterocycles. The van der Waals surface area contributed by atoms with Crippen LogP contribution in [0.15, 0.2) is 52.7 Å². The van der Waals surface area contributed by atoms with Crippen molar-refractivity contribution in [1.29, 1.82) is 0 Å². The van der Waals surface area contributed by atoms with Gasteiger partial charge in [-0.3, -0.25) is 0 Å². The molecule has 2 N–H and O–H groups in total. The van der Waals surface area contributed by atoms with Crippen molar-refractivity contribution in [2.24, 2.45) is 10.2 Å². The van der Waals surface area contributed by atoms with Crippen LogP contribution in [0.5, 0.6) is 5.75 Å². The van der Waals surface area contributed by atoms with Crippen LogP contribution in [0.3, 0.4) is 0 Å². The minimum absolute atomic E-state index is 0.187. The van der Waals surface area contributed by atoms with Crippen LogP contribution >= 0.6 is 0 Å². The van der Waals surface area contributed by atoms with Gasteiger partial charge in [0.05, 0.1) is 11.4 Å². The molecule has 5 heteroatoms. The third-order valence-electron chi connectivity index (χ3n) is 3.50. The van der Waals surface area contributed by atoms with Gasteiger partial charge in [0.15, 0.2) is 0 Å². The van der Waals surface area contributed by atoms with Crippen LogP contribution < -0.4 is 0 Å². The predicted molar refractivity (Wildman–Crippen MR) is 88.9 cm³/mol. The Hall–Kier alpha value is -2.69. The molecule has 0 aliphatic heterocycles. The van der Waals surface area contributed by atoms with Gasteiger partial charge >= 0.3 is 5.97 Å². The highest BCUT2D eigenvalue weighted by Gasteiger charge is 2.09. The van der Waals surface area contributed by atoms with Crippen LogP contribution in [0.4, 0.5) is 11.4 Å². The molecule has 0 bridgehead atoms. The zero-order valence-electron chi connectivity index (χ0n) is 13.1. The molecule has 0 aliphatic carbocycles. The summed E-state index contributed by atoms with van der Waals surface area (Å²) in [6, 6.07) is 12.0. The SMILES string of the molecule is CCCCCc1ccc(/N=N/c2ccc(O)c(C(=O)O)c2)cc1. The van der Waals surface area contributed by atoms with Crippen molar-refractivity contribution in [2.45, 2.75) is 32.6 Å². The van der Waals surface area contributed by atoms with Gasteiger partial charge < -0.3 is 10.2 Å². The number of aromatic hydroxyl groups is 1. The van der Waals surface area contributed by atoms with Gasteiger partial charge in [0.1, 0.15) is 11.3 Å². The normalized spacial score (nSPS) is 11.0. The van der Waals surface area contributed by atoms with Crippen molar-refractivity contribution in [2.75, 3.05) is 0 Å². The van der Waals surface area contributed by atoms with E-state index in [1.54, 1.807) is 0 Å². The number of unbranched alkanes of at least 4 members (excludes halogenated alkanes) is 2. The van der Waals surface area contributed by atoms with E-state index in [4.69, 9.17) is 5.11 Å².